The molecule has 2 aromatic rings. The summed E-state index contributed by atoms with van der Waals surface area (Å²) in [4.78, 5) is 43.7. The molecule has 1 heterocycles. The summed E-state index contributed by atoms with van der Waals surface area (Å²) in [7, 11) is 0. The van der Waals surface area contributed by atoms with Crippen LogP contribution in [0.3, 0.4) is 0 Å². The maximum Gasteiger partial charge on any atom is 0.346 e. The molecule has 0 aliphatic carbocycles. The van der Waals surface area contributed by atoms with E-state index in [1.165, 1.54) is 12.1 Å². The number of aliphatic hydroxyl groups is 2. The molecule has 1 aliphatic heterocycles. The van der Waals surface area contributed by atoms with Crippen LogP contribution in [-0.2, 0) is 4.74 Å². The molecule has 3 N–H and O–H groups in total. The van der Waals surface area contributed by atoms with Gasteiger partial charge in [0.2, 0.25) is 0 Å². The lowest BCUT2D eigenvalue weighted by atomic mass is 10.0. The van der Waals surface area contributed by atoms with Gasteiger partial charge in [0.05, 0.1) is 23.3 Å². The van der Waals surface area contributed by atoms with Gasteiger partial charge in [0.25, 0.3) is 0 Å². The summed E-state index contributed by atoms with van der Waals surface area (Å²) in [5.74, 6) is -2.59. The van der Waals surface area contributed by atoms with Crippen LogP contribution in [0.15, 0.2) is 48.5 Å². The number of aromatic carboxylic acids is 1. The second-order valence-electron chi connectivity index (χ2n) is 5.29. The standard InChI is InChI=1S/C10H10O4.C8H4O3.C2H6O.HI/c11-6-5-9(12)7-3-1-2-4-8(7)10(13)14;9-7-5-3-1-2-4-6(5)8(10)11-7;1-2-3;/h1-4,11H,5-6H2,(H,13,14);1-4H;3H,2H2,1H3;1H. The molecule has 2 aromatic carbocycles. The molecule has 0 bridgehead atoms. The van der Waals surface area contributed by atoms with Crippen LogP contribution >= 0.6 is 24.0 Å². The Morgan fingerprint density at radius 1 is 0.862 bits per heavy atom. The molecule has 0 unspecified atom stereocenters. The lowest BCUT2D eigenvalue weighted by molar-refractivity contribution is 0.0442. The molecule has 0 fully saturated rings. The minimum Gasteiger partial charge on any atom is -0.478 e. The Morgan fingerprint density at radius 3 is 1.69 bits per heavy atom. The Kier molecular flexibility index (Phi) is 12.3. The van der Waals surface area contributed by atoms with Gasteiger partial charge in [-0.25, -0.2) is 14.4 Å². The molecule has 0 aromatic heterocycles. The summed E-state index contributed by atoms with van der Waals surface area (Å²) in [6.07, 6.45) is -0.0513. The first-order chi connectivity index (χ1) is 13.4. The third-order valence-electron chi connectivity index (χ3n) is 3.35. The molecule has 1 aliphatic rings. The smallest absolute Gasteiger partial charge is 0.346 e. The average Bonchev–Trinajstić information content (AvgIpc) is 2.97. The number of Topliss-reactive ketones (excluding diaryl/α,β-unsaturated/α-hetero) is 1. The van der Waals surface area contributed by atoms with Crippen molar-refractivity contribution in [3.8, 4) is 0 Å². The van der Waals surface area contributed by atoms with Gasteiger partial charge in [-0.05, 0) is 25.1 Å². The Labute approximate surface area is 184 Å². The van der Waals surface area contributed by atoms with Gasteiger partial charge in [-0.1, -0.05) is 30.3 Å². The highest BCUT2D eigenvalue weighted by atomic mass is 127. The number of esters is 2. The van der Waals surface area contributed by atoms with Crippen LogP contribution in [0.5, 0.6) is 0 Å². The largest absolute Gasteiger partial charge is 0.478 e. The predicted octanol–water partition coefficient (Wildman–Crippen LogP) is 2.56. The van der Waals surface area contributed by atoms with E-state index in [-0.39, 0.29) is 60.5 Å². The number of cyclic esters (lactones) is 2. The molecule has 0 saturated carbocycles. The molecule has 0 amide bonds. The van der Waals surface area contributed by atoms with E-state index < -0.39 is 17.9 Å². The van der Waals surface area contributed by atoms with Crippen molar-refractivity contribution in [2.24, 2.45) is 0 Å². The first kappa shape index (κ1) is 26.4. The van der Waals surface area contributed by atoms with Crippen LogP contribution in [0.25, 0.3) is 0 Å². The average molecular weight is 516 g/mol. The van der Waals surface area contributed by atoms with Gasteiger partial charge in [-0.15, -0.1) is 24.0 Å². The topological polar surface area (TPSA) is 138 Å². The molecular formula is C20H21IO8. The van der Waals surface area contributed by atoms with E-state index in [4.69, 9.17) is 15.3 Å². The number of benzene rings is 2. The second-order valence-corrected chi connectivity index (χ2v) is 5.29. The fourth-order valence-electron chi connectivity index (χ4n) is 2.18. The molecule has 0 saturated heterocycles. The van der Waals surface area contributed by atoms with Gasteiger partial charge >= 0.3 is 17.9 Å². The van der Waals surface area contributed by atoms with E-state index in [0.29, 0.717) is 11.1 Å². The number of halogens is 1. The summed E-state index contributed by atoms with van der Waals surface area (Å²) in [6.45, 7) is 1.66. The van der Waals surface area contributed by atoms with Crippen molar-refractivity contribution in [2.75, 3.05) is 13.2 Å². The molecule has 9 heteroatoms. The zero-order valence-corrected chi connectivity index (χ0v) is 17.9. The summed E-state index contributed by atoms with van der Waals surface area (Å²) in [6, 6.07) is 12.5. The highest BCUT2D eigenvalue weighted by Crippen LogP contribution is 2.18. The third kappa shape index (κ3) is 7.72. The second kappa shape index (κ2) is 13.5. The van der Waals surface area contributed by atoms with Crippen molar-refractivity contribution < 1.29 is 39.2 Å². The van der Waals surface area contributed by atoms with Crippen molar-refractivity contribution in [2.45, 2.75) is 13.3 Å². The minimum absolute atomic E-state index is 0. The van der Waals surface area contributed by atoms with Gasteiger partial charge in [0.15, 0.2) is 5.78 Å². The number of fused-ring (bicyclic) bond motifs is 1. The Balaban J connectivity index is 0.000000470. The minimum atomic E-state index is -1.13. The number of carboxylic acid groups (broad SMARTS) is 1. The van der Waals surface area contributed by atoms with Crippen molar-refractivity contribution in [3.63, 3.8) is 0 Å². The van der Waals surface area contributed by atoms with Crippen molar-refractivity contribution >= 4 is 47.7 Å². The van der Waals surface area contributed by atoms with Gasteiger partial charge in [0, 0.05) is 18.6 Å². The number of rotatable bonds is 4. The van der Waals surface area contributed by atoms with Crippen molar-refractivity contribution in [1.29, 1.82) is 0 Å². The van der Waals surface area contributed by atoms with Crippen molar-refractivity contribution in [3.05, 3.63) is 70.8 Å². The van der Waals surface area contributed by atoms with Crippen LogP contribution in [0.4, 0.5) is 0 Å². The number of carboxylic acids is 1. The number of carbonyl (C=O) groups is 4. The zero-order chi connectivity index (χ0) is 21.1. The molecule has 8 nitrogen and oxygen atoms in total. The Morgan fingerprint density at radius 2 is 1.28 bits per heavy atom. The number of ketones is 1. The van der Waals surface area contributed by atoms with Crippen LogP contribution in [0, 0.1) is 0 Å². The maximum atomic E-state index is 11.3. The quantitative estimate of drug-likeness (QED) is 0.244. The van der Waals surface area contributed by atoms with Gasteiger partial charge < -0.3 is 20.1 Å². The van der Waals surface area contributed by atoms with Gasteiger partial charge in [0.1, 0.15) is 0 Å². The van der Waals surface area contributed by atoms with Gasteiger partial charge in [-0.2, -0.15) is 0 Å². The first-order valence-corrected chi connectivity index (χ1v) is 8.30. The van der Waals surface area contributed by atoms with Crippen molar-refractivity contribution in [1.82, 2.24) is 0 Å². The fourth-order valence-corrected chi connectivity index (χ4v) is 2.18. The van der Waals surface area contributed by atoms with E-state index in [9.17, 15) is 19.2 Å². The highest BCUT2D eigenvalue weighted by Gasteiger charge is 2.28. The highest BCUT2D eigenvalue weighted by molar-refractivity contribution is 14.0. The van der Waals surface area contributed by atoms with Gasteiger partial charge in [-0.3, -0.25) is 4.79 Å². The molecular weight excluding hydrogens is 495 g/mol. The van der Waals surface area contributed by atoms with E-state index in [2.05, 4.69) is 4.74 Å². The van der Waals surface area contributed by atoms with E-state index in [1.54, 1.807) is 43.3 Å². The predicted molar refractivity (Wildman–Crippen MR) is 114 cm³/mol. The van der Waals surface area contributed by atoms with Crippen LogP contribution in [0.2, 0.25) is 0 Å². The molecule has 29 heavy (non-hydrogen) atoms. The summed E-state index contributed by atoms with van der Waals surface area (Å²) >= 11 is 0. The summed E-state index contributed by atoms with van der Waals surface area (Å²) in [5, 5.41) is 24.9. The molecule has 0 spiro atoms. The molecule has 0 atom stereocenters. The number of ether oxygens (including phenoxy) is 1. The number of hydrogen-bond donors (Lipinski definition) is 3. The molecule has 0 radical (unpaired) electrons. The Hall–Kier alpha value is -2.63. The number of aliphatic hydroxyl groups excluding tert-OH is 2. The van der Waals surface area contributed by atoms with Crippen LogP contribution < -0.4 is 0 Å². The number of hydrogen-bond acceptors (Lipinski definition) is 7. The van der Waals surface area contributed by atoms with E-state index in [0.717, 1.165) is 0 Å². The zero-order valence-electron chi connectivity index (χ0n) is 15.5. The molecule has 3 rings (SSSR count). The first-order valence-electron chi connectivity index (χ1n) is 8.30. The maximum absolute atomic E-state index is 11.3. The number of carbonyl (C=O) groups excluding carboxylic acids is 3. The SMILES string of the molecule is CCO.I.O=C(O)c1ccccc1C(=O)CCO.O=C1OC(=O)c2ccccc21. The van der Waals surface area contributed by atoms with Crippen LogP contribution in [0.1, 0.15) is 54.8 Å². The van der Waals surface area contributed by atoms with E-state index >= 15 is 0 Å². The normalized spacial score (nSPS) is 10.9. The summed E-state index contributed by atoms with van der Waals surface area (Å²) in [5.41, 5.74) is 0.843. The van der Waals surface area contributed by atoms with Crippen LogP contribution in [-0.4, -0.2) is 52.2 Å². The Bertz CT molecular complexity index is 830. The lowest BCUT2D eigenvalue weighted by Gasteiger charge is -2.02. The molecule has 156 valence electrons. The van der Waals surface area contributed by atoms with E-state index in [1.807, 2.05) is 0 Å². The fraction of sp³-hybridized carbons (Fsp3) is 0.200. The lowest BCUT2D eigenvalue weighted by Crippen LogP contribution is -2.09. The monoisotopic (exact) mass is 516 g/mol. The third-order valence-corrected chi connectivity index (χ3v) is 3.35. The summed E-state index contributed by atoms with van der Waals surface area (Å²) < 4.78 is 4.35.